The number of rotatable bonds is 4. The third-order valence-electron chi connectivity index (χ3n) is 1.94. The molecule has 4 heteroatoms. The summed E-state index contributed by atoms with van der Waals surface area (Å²) in [7, 11) is 0. The van der Waals surface area contributed by atoms with Gasteiger partial charge in [0.25, 0.3) is 0 Å². The fourth-order valence-corrected chi connectivity index (χ4v) is 2.71. The average Bonchev–Trinajstić information content (AvgIpc) is 2.19. The number of halogens is 1. The summed E-state index contributed by atoms with van der Waals surface area (Å²) >= 11 is 5.32. The normalized spacial score (nSPS) is 13.2. The molecule has 0 heterocycles. The van der Waals surface area contributed by atoms with E-state index in [1.807, 2.05) is 18.2 Å². The first-order valence-electron chi connectivity index (χ1n) is 4.87. The second-order valence-electron chi connectivity index (χ2n) is 3.65. The Morgan fingerprint density at radius 3 is 2.60 bits per heavy atom. The van der Waals surface area contributed by atoms with Gasteiger partial charge < -0.3 is 10.8 Å². The maximum absolute atomic E-state index is 8.95. The number of benzene rings is 1. The lowest BCUT2D eigenvalue weighted by atomic mass is 10.1. The monoisotopic (exact) mass is 289 g/mol. The minimum Gasteiger partial charge on any atom is -0.394 e. The summed E-state index contributed by atoms with van der Waals surface area (Å²) in [5.74, 6) is 0. The number of aliphatic hydroxyl groups is 1. The lowest BCUT2D eigenvalue weighted by Crippen LogP contribution is -2.14. The van der Waals surface area contributed by atoms with E-state index in [9.17, 15) is 0 Å². The van der Waals surface area contributed by atoms with Gasteiger partial charge in [-0.25, -0.2) is 0 Å². The zero-order valence-electron chi connectivity index (χ0n) is 8.90. The summed E-state index contributed by atoms with van der Waals surface area (Å²) in [6, 6.07) is 5.70. The topological polar surface area (TPSA) is 46.2 Å². The van der Waals surface area contributed by atoms with E-state index in [4.69, 9.17) is 10.8 Å². The number of thioether (sulfide) groups is 1. The van der Waals surface area contributed by atoms with Crippen LogP contribution in [0.15, 0.2) is 27.6 Å². The van der Waals surface area contributed by atoms with E-state index in [1.165, 1.54) is 4.90 Å². The highest BCUT2D eigenvalue weighted by atomic mass is 79.9. The van der Waals surface area contributed by atoms with Crippen LogP contribution in [0.5, 0.6) is 0 Å². The van der Waals surface area contributed by atoms with Crippen LogP contribution in [0.2, 0.25) is 0 Å². The highest BCUT2D eigenvalue weighted by Crippen LogP contribution is 2.32. The van der Waals surface area contributed by atoms with Crippen LogP contribution in [0.3, 0.4) is 0 Å². The summed E-state index contributed by atoms with van der Waals surface area (Å²) in [6.45, 7) is 4.29. The van der Waals surface area contributed by atoms with Crippen molar-refractivity contribution in [2.75, 3.05) is 6.61 Å². The van der Waals surface area contributed by atoms with Gasteiger partial charge >= 0.3 is 0 Å². The van der Waals surface area contributed by atoms with Crippen LogP contribution in [-0.2, 0) is 0 Å². The molecule has 0 fully saturated rings. The lowest BCUT2D eigenvalue weighted by molar-refractivity contribution is 0.268. The molecule has 0 aromatic heterocycles. The minimum absolute atomic E-state index is 0.0247. The molecule has 15 heavy (non-hydrogen) atoms. The molecule has 2 nitrogen and oxygen atoms in total. The van der Waals surface area contributed by atoms with E-state index in [1.54, 1.807) is 11.8 Å². The van der Waals surface area contributed by atoms with Crippen LogP contribution < -0.4 is 5.73 Å². The van der Waals surface area contributed by atoms with Crippen molar-refractivity contribution in [2.24, 2.45) is 5.73 Å². The van der Waals surface area contributed by atoms with Crippen molar-refractivity contribution in [1.29, 1.82) is 0 Å². The zero-order chi connectivity index (χ0) is 11.4. The van der Waals surface area contributed by atoms with E-state index in [0.29, 0.717) is 5.25 Å². The predicted molar refractivity (Wildman–Crippen MR) is 69.1 cm³/mol. The first-order valence-corrected chi connectivity index (χ1v) is 6.54. The molecule has 0 amide bonds. The number of aliphatic hydroxyl groups excluding tert-OH is 1. The molecule has 3 N–H and O–H groups in total. The molecule has 0 spiro atoms. The molecule has 0 aliphatic heterocycles. The van der Waals surface area contributed by atoms with Crippen LogP contribution in [0, 0.1) is 0 Å². The molecule has 1 aromatic rings. The SMILES string of the molecule is CC(C)Sc1ccc(C(N)CO)cc1Br. The molecule has 1 rings (SSSR count). The Morgan fingerprint density at radius 1 is 1.47 bits per heavy atom. The molecule has 0 saturated heterocycles. The van der Waals surface area contributed by atoms with Crippen molar-refractivity contribution in [1.82, 2.24) is 0 Å². The number of hydrogen-bond acceptors (Lipinski definition) is 3. The van der Waals surface area contributed by atoms with Gasteiger partial charge in [-0.3, -0.25) is 0 Å². The van der Waals surface area contributed by atoms with Gasteiger partial charge in [0.05, 0.1) is 12.6 Å². The molecular formula is C11H16BrNOS. The fourth-order valence-electron chi connectivity index (χ4n) is 1.20. The lowest BCUT2D eigenvalue weighted by Gasteiger charge is -2.12. The van der Waals surface area contributed by atoms with Crippen molar-refractivity contribution in [3.05, 3.63) is 28.2 Å². The Hall–Kier alpha value is -0.0300. The first-order chi connectivity index (χ1) is 7.04. The smallest absolute Gasteiger partial charge is 0.0624 e. The Labute approximate surface area is 103 Å². The highest BCUT2D eigenvalue weighted by Gasteiger charge is 2.08. The van der Waals surface area contributed by atoms with Crippen LogP contribution >= 0.6 is 27.7 Å². The predicted octanol–water partition coefficient (Wildman–Crippen LogP) is 2.94. The molecule has 0 saturated carbocycles. The molecule has 1 unspecified atom stereocenters. The maximum Gasteiger partial charge on any atom is 0.0624 e. The van der Waals surface area contributed by atoms with Gasteiger partial charge in [0.2, 0.25) is 0 Å². The molecule has 1 aromatic carbocycles. The first kappa shape index (κ1) is 13.0. The summed E-state index contributed by atoms with van der Waals surface area (Å²) in [5, 5.41) is 9.50. The van der Waals surface area contributed by atoms with Crippen molar-refractivity contribution in [3.63, 3.8) is 0 Å². The number of hydrogen-bond donors (Lipinski definition) is 2. The Balaban J connectivity index is 2.88. The van der Waals surface area contributed by atoms with E-state index in [2.05, 4.69) is 29.8 Å². The summed E-state index contributed by atoms with van der Waals surface area (Å²) < 4.78 is 1.04. The van der Waals surface area contributed by atoms with Crippen LogP contribution in [-0.4, -0.2) is 17.0 Å². The van der Waals surface area contributed by atoms with E-state index in [0.717, 1.165) is 10.0 Å². The number of nitrogens with two attached hydrogens (primary N) is 1. The molecular weight excluding hydrogens is 274 g/mol. The maximum atomic E-state index is 8.95. The third kappa shape index (κ3) is 3.79. The standard InChI is InChI=1S/C11H16BrNOS/c1-7(2)15-11-4-3-8(5-9(11)12)10(13)6-14/h3-5,7,10,14H,6,13H2,1-2H3. The quantitative estimate of drug-likeness (QED) is 0.838. The van der Waals surface area contributed by atoms with Gasteiger partial charge in [-0.15, -0.1) is 11.8 Å². The van der Waals surface area contributed by atoms with E-state index < -0.39 is 0 Å². The average molecular weight is 290 g/mol. The van der Waals surface area contributed by atoms with Gasteiger partial charge in [-0.1, -0.05) is 19.9 Å². The van der Waals surface area contributed by atoms with Gasteiger partial charge in [0.15, 0.2) is 0 Å². The van der Waals surface area contributed by atoms with Crippen molar-refractivity contribution < 1.29 is 5.11 Å². The second kappa shape index (κ2) is 5.89. The van der Waals surface area contributed by atoms with Gasteiger partial charge in [0.1, 0.15) is 0 Å². The minimum atomic E-state index is -0.292. The Kier molecular flexibility index (Phi) is 5.12. The van der Waals surface area contributed by atoms with Crippen molar-refractivity contribution >= 4 is 27.7 Å². The molecule has 0 bridgehead atoms. The van der Waals surface area contributed by atoms with Crippen LogP contribution in [0.4, 0.5) is 0 Å². The van der Waals surface area contributed by atoms with Gasteiger partial charge in [0, 0.05) is 14.6 Å². The molecule has 1 atom stereocenters. The summed E-state index contributed by atoms with van der Waals surface area (Å²) in [6.07, 6.45) is 0. The Bertz CT molecular complexity index is 330. The fraction of sp³-hybridized carbons (Fsp3) is 0.455. The summed E-state index contributed by atoms with van der Waals surface area (Å²) in [5.41, 5.74) is 6.69. The molecule has 84 valence electrons. The largest absolute Gasteiger partial charge is 0.394 e. The van der Waals surface area contributed by atoms with Gasteiger partial charge in [-0.2, -0.15) is 0 Å². The van der Waals surface area contributed by atoms with Crippen molar-refractivity contribution in [3.8, 4) is 0 Å². The zero-order valence-corrected chi connectivity index (χ0v) is 11.3. The van der Waals surface area contributed by atoms with Gasteiger partial charge in [-0.05, 0) is 33.6 Å². The third-order valence-corrected chi connectivity index (χ3v) is 3.94. The van der Waals surface area contributed by atoms with Crippen LogP contribution in [0.1, 0.15) is 25.5 Å². The Morgan fingerprint density at radius 2 is 2.13 bits per heavy atom. The molecule has 0 aliphatic carbocycles. The van der Waals surface area contributed by atoms with Crippen molar-refractivity contribution in [2.45, 2.75) is 30.0 Å². The van der Waals surface area contributed by atoms with E-state index in [-0.39, 0.29) is 12.6 Å². The second-order valence-corrected chi connectivity index (χ2v) is 6.12. The van der Waals surface area contributed by atoms with E-state index >= 15 is 0 Å². The molecule has 0 aliphatic rings. The summed E-state index contributed by atoms with van der Waals surface area (Å²) in [4.78, 5) is 1.21. The highest BCUT2D eigenvalue weighted by molar-refractivity contribution is 9.10. The van der Waals surface area contributed by atoms with Crippen LogP contribution in [0.25, 0.3) is 0 Å². The molecule has 0 radical (unpaired) electrons.